The number of nitrogens with zero attached hydrogens (tertiary/aromatic N) is 4. The first-order valence-corrected chi connectivity index (χ1v) is 9.70. The van der Waals surface area contributed by atoms with Crippen molar-refractivity contribution < 1.29 is 14.5 Å². The number of thioether (sulfide) groups is 1. The summed E-state index contributed by atoms with van der Waals surface area (Å²) in [6.45, 7) is 1.88. The first-order chi connectivity index (χ1) is 13.9. The van der Waals surface area contributed by atoms with E-state index in [9.17, 15) is 14.9 Å². The summed E-state index contributed by atoms with van der Waals surface area (Å²) in [5.74, 6) is 1.15. The Balaban J connectivity index is 1.58. The molecule has 1 atom stereocenters. The van der Waals surface area contributed by atoms with E-state index in [1.54, 1.807) is 17.7 Å². The van der Waals surface area contributed by atoms with E-state index >= 15 is 0 Å². The maximum atomic E-state index is 12.2. The number of rotatable bonds is 8. The first-order valence-electron chi connectivity index (χ1n) is 8.72. The van der Waals surface area contributed by atoms with Gasteiger partial charge in [0.25, 0.3) is 5.69 Å². The summed E-state index contributed by atoms with van der Waals surface area (Å²) in [7, 11) is 1.81. The van der Waals surface area contributed by atoms with Crippen molar-refractivity contribution >= 4 is 29.0 Å². The maximum Gasteiger partial charge on any atom is 0.271 e. The summed E-state index contributed by atoms with van der Waals surface area (Å²) in [4.78, 5) is 22.5. The molecule has 0 radical (unpaired) electrons. The fourth-order valence-corrected chi connectivity index (χ4v) is 3.30. The van der Waals surface area contributed by atoms with Gasteiger partial charge in [0.1, 0.15) is 5.75 Å². The Hall–Kier alpha value is -3.40. The van der Waals surface area contributed by atoms with E-state index in [1.165, 1.54) is 30.0 Å². The molecule has 2 aromatic carbocycles. The zero-order valence-electron chi connectivity index (χ0n) is 15.8. The molecule has 0 spiro atoms. The lowest BCUT2D eigenvalue weighted by atomic mass is 10.3. The third-order valence-electron chi connectivity index (χ3n) is 3.96. The molecular weight excluding hydrogens is 394 g/mol. The predicted molar refractivity (Wildman–Crippen MR) is 109 cm³/mol. The molecule has 3 rings (SSSR count). The highest BCUT2D eigenvalue weighted by Crippen LogP contribution is 2.24. The van der Waals surface area contributed by atoms with Gasteiger partial charge in [-0.15, -0.1) is 10.2 Å². The first kappa shape index (κ1) is 20.3. The van der Waals surface area contributed by atoms with Gasteiger partial charge in [-0.05, 0) is 25.1 Å². The molecular formula is C19H19N5O4S. The number of carbonyl (C=O) groups excluding carboxylic acids is 1. The number of carbonyl (C=O) groups is 1. The van der Waals surface area contributed by atoms with Crippen LogP contribution in [0.25, 0.3) is 0 Å². The number of amides is 1. The van der Waals surface area contributed by atoms with E-state index in [1.807, 2.05) is 37.3 Å². The molecule has 0 aliphatic rings. The van der Waals surface area contributed by atoms with E-state index in [0.717, 1.165) is 5.75 Å². The molecule has 0 unspecified atom stereocenters. The fourth-order valence-electron chi connectivity index (χ4n) is 2.59. The van der Waals surface area contributed by atoms with Crippen LogP contribution >= 0.6 is 11.8 Å². The quantitative estimate of drug-likeness (QED) is 0.341. The van der Waals surface area contributed by atoms with Gasteiger partial charge in [-0.1, -0.05) is 36.0 Å². The van der Waals surface area contributed by atoms with Crippen LogP contribution in [0.15, 0.2) is 59.8 Å². The molecule has 1 amide bonds. The van der Waals surface area contributed by atoms with Gasteiger partial charge in [-0.2, -0.15) is 0 Å². The number of nitrogens with one attached hydrogen (secondary N) is 1. The standard InChI is InChI=1S/C19H19N5O4S/c1-13(28-16-9-4-3-5-10-16)18-21-22-19(23(18)2)29-12-17(25)20-14-7-6-8-15(11-14)24(26)27/h3-11,13H,12H2,1-2H3,(H,20,25)/t13-/m0/s1. The van der Waals surface area contributed by atoms with Crippen molar-refractivity contribution in [2.45, 2.75) is 18.2 Å². The minimum absolute atomic E-state index is 0.0826. The number of non-ortho nitro benzene ring substituents is 1. The Morgan fingerprint density at radius 3 is 2.72 bits per heavy atom. The van der Waals surface area contributed by atoms with Crippen LogP contribution in [0.2, 0.25) is 0 Å². The molecule has 0 aliphatic carbocycles. The Kier molecular flexibility index (Phi) is 6.45. The lowest BCUT2D eigenvalue weighted by molar-refractivity contribution is -0.384. The second-order valence-corrected chi connectivity index (χ2v) is 7.06. The van der Waals surface area contributed by atoms with E-state index in [2.05, 4.69) is 15.5 Å². The molecule has 1 aromatic heterocycles. The largest absolute Gasteiger partial charge is 0.483 e. The second kappa shape index (κ2) is 9.20. The SMILES string of the molecule is C[C@H](Oc1ccccc1)c1nnc(SCC(=O)Nc2cccc([N+](=O)[O-])c2)n1C. The molecule has 1 heterocycles. The van der Waals surface area contributed by atoms with Crippen molar-refractivity contribution in [3.8, 4) is 5.75 Å². The number of benzene rings is 2. The Morgan fingerprint density at radius 1 is 1.24 bits per heavy atom. The number of nitro groups is 1. The average Bonchev–Trinajstić information content (AvgIpc) is 3.08. The number of para-hydroxylation sites is 1. The van der Waals surface area contributed by atoms with Crippen LogP contribution in [0, 0.1) is 10.1 Å². The molecule has 0 bridgehead atoms. The van der Waals surface area contributed by atoms with Gasteiger partial charge in [0.05, 0.1) is 10.7 Å². The van der Waals surface area contributed by atoms with Crippen LogP contribution in [0.5, 0.6) is 5.75 Å². The Morgan fingerprint density at radius 2 is 2.00 bits per heavy atom. The van der Waals surface area contributed by atoms with Gasteiger partial charge >= 0.3 is 0 Å². The van der Waals surface area contributed by atoms with Crippen LogP contribution in [0.1, 0.15) is 18.9 Å². The number of anilines is 1. The van der Waals surface area contributed by atoms with Gasteiger partial charge in [0.2, 0.25) is 5.91 Å². The van der Waals surface area contributed by atoms with E-state index in [0.29, 0.717) is 16.7 Å². The van der Waals surface area contributed by atoms with Gasteiger partial charge in [0, 0.05) is 24.9 Å². The number of nitro benzene ring substituents is 1. The summed E-state index contributed by atoms with van der Waals surface area (Å²) in [6, 6.07) is 15.2. The van der Waals surface area contributed by atoms with Crippen molar-refractivity contribution in [1.82, 2.24) is 14.8 Å². The summed E-state index contributed by atoms with van der Waals surface area (Å²) < 4.78 is 7.64. The molecule has 150 valence electrons. The number of aromatic nitrogens is 3. The third kappa shape index (κ3) is 5.32. The van der Waals surface area contributed by atoms with Gasteiger partial charge in [0.15, 0.2) is 17.1 Å². The summed E-state index contributed by atoms with van der Waals surface area (Å²) in [6.07, 6.45) is -0.317. The zero-order chi connectivity index (χ0) is 20.8. The molecule has 3 aromatic rings. The van der Waals surface area contributed by atoms with Crippen molar-refractivity contribution in [2.24, 2.45) is 7.05 Å². The fraction of sp³-hybridized carbons (Fsp3) is 0.211. The van der Waals surface area contributed by atoms with Gasteiger partial charge < -0.3 is 14.6 Å². The maximum absolute atomic E-state index is 12.2. The highest BCUT2D eigenvalue weighted by molar-refractivity contribution is 7.99. The summed E-state index contributed by atoms with van der Waals surface area (Å²) in [5, 5.41) is 22.3. The van der Waals surface area contributed by atoms with Crippen LogP contribution in [-0.4, -0.2) is 31.3 Å². The van der Waals surface area contributed by atoms with Crippen LogP contribution in [0.3, 0.4) is 0 Å². The lowest BCUT2D eigenvalue weighted by Gasteiger charge is -2.14. The van der Waals surface area contributed by atoms with Crippen molar-refractivity contribution in [2.75, 3.05) is 11.1 Å². The highest BCUT2D eigenvalue weighted by atomic mass is 32.2. The van der Waals surface area contributed by atoms with Crippen molar-refractivity contribution in [3.63, 3.8) is 0 Å². The smallest absolute Gasteiger partial charge is 0.271 e. The van der Waals surface area contributed by atoms with Gasteiger partial charge in [-0.25, -0.2) is 0 Å². The molecule has 0 saturated heterocycles. The van der Waals surface area contributed by atoms with Crippen LogP contribution < -0.4 is 10.1 Å². The molecule has 29 heavy (non-hydrogen) atoms. The Bertz CT molecular complexity index is 1010. The van der Waals surface area contributed by atoms with Crippen molar-refractivity contribution in [1.29, 1.82) is 0 Å². The summed E-state index contributed by atoms with van der Waals surface area (Å²) >= 11 is 1.22. The molecule has 0 saturated carbocycles. The average molecular weight is 413 g/mol. The normalized spacial score (nSPS) is 11.7. The molecule has 0 fully saturated rings. The van der Waals surface area contributed by atoms with Crippen LogP contribution in [0.4, 0.5) is 11.4 Å². The number of ether oxygens (including phenoxy) is 1. The lowest BCUT2D eigenvalue weighted by Crippen LogP contribution is -2.15. The summed E-state index contributed by atoms with van der Waals surface area (Å²) in [5.41, 5.74) is 0.286. The predicted octanol–water partition coefficient (Wildman–Crippen LogP) is 3.59. The third-order valence-corrected chi connectivity index (χ3v) is 4.98. The molecule has 10 heteroatoms. The number of hydrogen-bond acceptors (Lipinski definition) is 7. The van der Waals surface area contributed by atoms with Gasteiger partial charge in [-0.3, -0.25) is 14.9 Å². The Labute approximate surface area is 171 Å². The van der Waals surface area contributed by atoms with Crippen LogP contribution in [-0.2, 0) is 11.8 Å². The topological polar surface area (TPSA) is 112 Å². The monoisotopic (exact) mass is 413 g/mol. The highest BCUT2D eigenvalue weighted by Gasteiger charge is 2.18. The van der Waals surface area contributed by atoms with Crippen molar-refractivity contribution in [3.05, 3.63) is 70.5 Å². The van der Waals surface area contributed by atoms with E-state index in [4.69, 9.17) is 4.74 Å². The second-order valence-electron chi connectivity index (χ2n) is 6.12. The minimum Gasteiger partial charge on any atom is -0.483 e. The van der Waals surface area contributed by atoms with E-state index in [-0.39, 0.29) is 23.5 Å². The van der Waals surface area contributed by atoms with E-state index < -0.39 is 4.92 Å². The molecule has 1 N–H and O–H groups in total. The zero-order valence-corrected chi connectivity index (χ0v) is 16.6. The minimum atomic E-state index is -0.510. The number of hydrogen-bond donors (Lipinski definition) is 1. The molecule has 9 nitrogen and oxygen atoms in total. The molecule has 0 aliphatic heterocycles.